The summed E-state index contributed by atoms with van der Waals surface area (Å²) in [6.07, 6.45) is 2.16. The standard InChI is InChI=1S/C10H17NO3/c1-8(2)14-10(13)11-5-3-9(7-12)4-6-11/h7-9H,3-6H2,1-2H3. The minimum Gasteiger partial charge on any atom is -0.447 e. The van der Waals surface area contributed by atoms with Crippen LogP contribution in [0.15, 0.2) is 0 Å². The molecule has 0 aromatic heterocycles. The molecule has 1 aliphatic rings. The average molecular weight is 199 g/mol. The molecule has 4 heteroatoms. The lowest BCUT2D eigenvalue weighted by Crippen LogP contribution is -2.39. The van der Waals surface area contributed by atoms with Gasteiger partial charge in [0.25, 0.3) is 0 Å². The van der Waals surface area contributed by atoms with Crippen molar-refractivity contribution in [2.75, 3.05) is 13.1 Å². The summed E-state index contributed by atoms with van der Waals surface area (Å²) in [5.74, 6) is 0.123. The van der Waals surface area contributed by atoms with Crippen LogP contribution in [0.5, 0.6) is 0 Å². The highest BCUT2D eigenvalue weighted by Crippen LogP contribution is 2.15. The van der Waals surface area contributed by atoms with Gasteiger partial charge in [-0.25, -0.2) is 4.79 Å². The van der Waals surface area contributed by atoms with Crippen molar-refractivity contribution in [3.05, 3.63) is 0 Å². The number of hydrogen-bond donors (Lipinski definition) is 0. The van der Waals surface area contributed by atoms with Crippen LogP contribution in [0, 0.1) is 5.92 Å². The van der Waals surface area contributed by atoms with Crippen molar-refractivity contribution in [2.24, 2.45) is 5.92 Å². The van der Waals surface area contributed by atoms with Gasteiger partial charge < -0.3 is 14.4 Å². The summed E-state index contributed by atoms with van der Waals surface area (Å²) in [6.45, 7) is 4.93. The van der Waals surface area contributed by atoms with E-state index in [0.29, 0.717) is 13.1 Å². The van der Waals surface area contributed by atoms with Crippen LogP contribution in [0.4, 0.5) is 4.79 Å². The molecule has 0 saturated carbocycles. The third-order valence-corrected chi connectivity index (χ3v) is 2.33. The molecule has 0 unspecified atom stereocenters. The van der Waals surface area contributed by atoms with Gasteiger partial charge in [-0.3, -0.25) is 0 Å². The topological polar surface area (TPSA) is 46.6 Å². The number of carbonyl (C=O) groups excluding carboxylic acids is 2. The minimum atomic E-state index is -0.260. The molecule has 0 N–H and O–H groups in total. The van der Waals surface area contributed by atoms with Gasteiger partial charge in [-0.2, -0.15) is 0 Å². The van der Waals surface area contributed by atoms with Crippen LogP contribution < -0.4 is 0 Å². The molecular weight excluding hydrogens is 182 g/mol. The largest absolute Gasteiger partial charge is 0.447 e. The Hall–Kier alpha value is -1.06. The monoisotopic (exact) mass is 199 g/mol. The van der Waals surface area contributed by atoms with Gasteiger partial charge in [0.05, 0.1) is 6.10 Å². The molecule has 1 heterocycles. The fourth-order valence-corrected chi connectivity index (χ4v) is 1.49. The lowest BCUT2D eigenvalue weighted by atomic mass is 9.99. The Morgan fingerprint density at radius 1 is 1.43 bits per heavy atom. The summed E-state index contributed by atoms with van der Waals surface area (Å²) in [5, 5.41) is 0. The van der Waals surface area contributed by atoms with Crippen LogP contribution in [0.1, 0.15) is 26.7 Å². The van der Waals surface area contributed by atoms with Gasteiger partial charge in [0.1, 0.15) is 6.29 Å². The predicted molar refractivity (Wildman–Crippen MR) is 52.0 cm³/mol. The van der Waals surface area contributed by atoms with E-state index in [1.54, 1.807) is 4.90 Å². The van der Waals surface area contributed by atoms with Crippen LogP contribution in [0.2, 0.25) is 0 Å². The average Bonchev–Trinajstić information content (AvgIpc) is 2.17. The summed E-state index contributed by atoms with van der Waals surface area (Å²) >= 11 is 0. The molecule has 1 amide bonds. The first kappa shape index (κ1) is 11.0. The molecule has 0 bridgehead atoms. The summed E-state index contributed by atoms with van der Waals surface area (Å²) in [7, 11) is 0. The highest BCUT2D eigenvalue weighted by molar-refractivity contribution is 5.68. The molecule has 0 spiro atoms. The van der Waals surface area contributed by atoms with Crippen molar-refractivity contribution >= 4 is 12.4 Å². The number of carbonyl (C=O) groups is 2. The molecule has 0 aromatic rings. The first-order valence-electron chi connectivity index (χ1n) is 5.04. The van der Waals surface area contributed by atoms with Crippen molar-refractivity contribution in [1.82, 2.24) is 4.90 Å². The van der Waals surface area contributed by atoms with Crippen LogP contribution in [0.25, 0.3) is 0 Å². The molecule has 1 fully saturated rings. The Bertz CT molecular complexity index is 207. The fraction of sp³-hybridized carbons (Fsp3) is 0.800. The summed E-state index contributed by atoms with van der Waals surface area (Å²) in [5.41, 5.74) is 0. The molecule has 0 radical (unpaired) electrons. The smallest absolute Gasteiger partial charge is 0.410 e. The molecule has 4 nitrogen and oxygen atoms in total. The molecule has 0 aliphatic carbocycles. The molecule has 14 heavy (non-hydrogen) atoms. The Kier molecular flexibility index (Phi) is 3.92. The van der Waals surface area contributed by atoms with E-state index in [2.05, 4.69) is 0 Å². The number of piperidine rings is 1. The first-order valence-corrected chi connectivity index (χ1v) is 5.04. The number of likely N-dealkylation sites (tertiary alicyclic amines) is 1. The zero-order valence-corrected chi connectivity index (χ0v) is 8.73. The third kappa shape index (κ3) is 3.01. The maximum Gasteiger partial charge on any atom is 0.410 e. The lowest BCUT2D eigenvalue weighted by Gasteiger charge is -2.29. The number of ether oxygens (including phenoxy) is 1. The molecule has 1 saturated heterocycles. The van der Waals surface area contributed by atoms with E-state index in [4.69, 9.17) is 4.74 Å². The van der Waals surface area contributed by atoms with Crippen molar-refractivity contribution in [2.45, 2.75) is 32.8 Å². The van der Waals surface area contributed by atoms with Crippen LogP contribution in [-0.4, -0.2) is 36.5 Å². The second-order valence-corrected chi connectivity index (χ2v) is 3.89. The van der Waals surface area contributed by atoms with Crippen molar-refractivity contribution in [3.8, 4) is 0 Å². The van der Waals surface area contributed by atoms with Gasteiger partial charge >= 0.3 is 6.09 Å². The molecule has 1 aliphatic heterocycles. The zero-order chi connectivity index (χ0) is 10.6. The molecule has 80 valence electrons. The molecule has 0 atom stereocenters. The van der Waals surface area contributed by atoms with E-state index in [9.17, 15) is 9.59 Å². The Labute approximate surface area is 84.2 Å². The zero-order valence-electron chi connectivity index (χ0n) is 8.73. The predicted octanol–water partition coefficient (Wildman–Crippen LogP) is 1.44. The number of aldehydes is 1. The van der Waals surface area contributed by atoms with E-state index in [1.165, 1.54) is 0 Å². The lowest BCUT2D eigenvalue weighted by molar-refractivity contribution is -0.112. The summed E-state index contributed by atoms with van der Waals surface area (Å²) in [6, 6.07) is 0. The maximum absolute atomic E-state index is 11.4. The van der Waals surface area contributed by atoms with Crippen LogP contribution >= 0.6 is 0 Å². The van der Waals surface area contributed by atoms with Gasteiger partial charge in [0.2, 0.25) is 0 Å². The number of nitrogens with zero attached hydrogens (tertiary/aromatic N) is 1. The normalized spacial score (nSPS) is 18.4. The van der Waals surface area contributed by atoms with Gasteiger partial charge in [0, 0.05) is 19.0 Å². The van der Waals surface area contributed by atoms with E-state index in [-0.39, 0.29) is 18.1 Å². The minimum absolute atomic E-state index is 0.0775. The van der Waals surface area contributed by atoms with Crippen molar-refractivity contribution < 1.29 is 14.3 Å². The Balaban J connectivity index is 2.34. The van der Waals surface area contributed by atoms with Crippen LogP contribution in [-0.2, 0) is 9.53 Å². The quantitative estimate of drug-likeness (QED) is 0.632. The number of amides is 1. The Morgan fingerprint density at radius 3 is 2.43 bits per heavy atom. The van der Waals surface area contributed by atoms with Crippen molar-refractivity contribution in [1.29, 1.82) is 0 Å². The fourth-order valence-electron chi connectivity index (χ4n) is 1.49. The van der Waals surface area contributed by atoms with Gasteiger partial charge in [-0.15, -0.1) is 0 Å². The maximum atomic E-state index is 11.4. The second kappa shape index (κ2) is 4.98. The highest BCUT2D eigenvalue weighted by Gasteiger charge is 2.23. The van der Waals surface area contributed by atoms with Gasteiger partial charge in [-0.05, 0) is 26.7 Å². The van der Waals surface area contributed by atoms with E-state index in [1.807, 2.05) is 13.8 Å². The Morgan fingerprint density at radius 2 is 2.00 bits per heavy atom. The summed E-state index contributed by atoms with van der Waals surface area (Å²) in [4.78, 5) is 23.6. The molecular formula is C10H17NO3. The number of rotatable bonds is 2. The van der Waals surface area contributed by atoms with Crippen LogP contribution in [0.3, 0.4) is 0 Å². The van der Waals surface area contributed by atoms with E-state index in [0.717, 1.165) is 19.1 Å². The second-order valence-electron chi connectivity index (χ2n) is 3.89. The highest BCUT2D eigenvalue weighted by atomic mass is 16.6. The van der Waals surface area contributed by atoms with Crippen molar-refractivity contribution in [3.63, 3.8) is 0 Å². The van der Waals surface area contributed by atoms with E-state index >= 15 is 0 Å². The first-order chi connectivity index (χ1) is 6.63. The molecule has 0 aromatic carbocycles. The van der Waals surface area contributed by atoms with Gasteiger partial charge in [0.15, 0.2) is 0 Å². The SMILES string of the molecule is CC(C)OC(=O)N1CCC(C=O)CC1. The summed E-state index contributed by atoms with van der Waals surface area (Å²) < 4.78 is 5.06. The number of hydrogen-bond acceptors (Lipinski definition) is 3. The molecule has 1 rings (SSSR count). The third-order valence-electron chi connectivity index (χ3n) is 2.33. The van der Waals surface area contributed by atoms with E-state index < -0.39 is 0 Å². The van der Waals surface area contributed by atoms with Gasteiger partial charge in [-0.1, -0.05) is 0 Å².